The number of nitro benzene ring substituents is 1. The highest BCUT2D eigenvalue weighted by Crippen LogP contribution is 2.13. The summed E-state index contributed by atoms with van der Waals surface area (Å²) < 4.78 is 36.2. The van der Waals surface area contributed by atoms with Gasteiger partial charge in [-0.2, -0.15) is 0 Å². The maximum atomic E-state index is 12.0. The van der Waals surface area contributed by atoms with Gasteiger partial charge in [0, 0.05) is 12.1 Å². The molecule has 9 nitrogen and oxygen atoms in total. The fourth-order valence-electron chi connectivity index (χ4n) is 2.07. The van der Waals surface area contributed by atoms with Crippen LogP contribution in [0.2, 0.25) is 0 Å². The summed E-state index contributed by atoms with van der Waals surface area (Å²) in [5.41, 5.74) is 0.171. The number of carbonyl (C=O) groups excluding carboxylic acids is 1. The van der Waals surface area contributed by atoms with Gasteiger partial charge in [0.25, 0.3) is 11.6 Å². The summed E-state index contributed by atoms with van der Waals surface area (Å²) in [5, 5.41) is 10.6. The Morgan fingerprint density at radius 1 is 1.04 bits per heavy atom. The van der Waals surface area contributed by atoms with Crippen LogP contribution in [-0.4, -0.2) is 39.1 Å². The van der Waals surface area contributed by atoms with Crippen LogP contribution in [0.5, 0.6) is 5.75 Å². The Bertz CT molecular complexity index is 868. The van der Waals surface area contributed by atoms with Gasteiger partial charge in [-0.1, -0.05) is 30.3 Å². The molecule has 0 aliphatic carbocycles. The SMILES string of the molecule is O=C(COCCOc1ccccc1)NS(=O)(=O)Cc1ccc([N+](=O)[O-])cc1. The molecule has 144 valence electrons. The van der Waals surface area contributed by atoms with Gasteiger partial charge in [0.05, 0.1) is 17.3 Å². The molecular weight excluding hydrogens is 376 g/mol. The molecule has 0 fully saturated rings. The maximum Gasteiger partial charge on any atom is 0.269 e. The number of rotatable bonds is 10. The molecule has 0 aliphatic heterocycles. The normalized spacial score (nSPS) is 11.0. The van der Waals surface area contributed by atoms with Gasteiger partial charge in [0.2, 0.25) is 10.0 Å². The molecule has 0 spiro atoms. The van der Waals surface area contributed by atoms with Crippen molar-refractivity contribution >= 4 is 21.6 Å². The summed E-state index contributed by atoms with van der Waals surface area (Å²) in [6.45, 7) is -0.102. The Morgan fingerprint density at radius 2 is 1.70 bits per heavy atom. The standard InChI is InChI=1S/C17H18N2O7S/c20-17(12-25-10-11-26-16-4-2-1-3-5-16)18-27(23,24)13-14-6-8-15(9-7-14)19(21)22/h1-9H,10-13H2,(H,18,20). The Morgan fingerprint density at radius 3 is 2.33 bits per heavy atom. The molecule has 0 heterocycles. The van der Waals surface area contributed by atoms with E-state index in [0.717, 1.165) is 0 Å². The number of benzene rings is 2. The van der Waals surface area contributed by atoms with Gasteiger partial charge in [-0.05, 0) is 17.7 Å². The molecule has 0 unspecified atom stereocenters. The van der Waals surface area contributed by atoms with Crippen molar-refractivity contribution in [3.63, 3.8) is 0 Å². The molecule has 2 aromatic rings. The van der Waals surface area contributed by atoms with Crippen molar-refractivity contribution in [2.45, 2.75) is 5.75 Å². The van der Waals surface area contributed by atoms with Crippen molar-refractivity contribution in [3.05, 3.63) is 70.3 Å². The van der Waals surface area contributed by atoms with E-state index in [2.05, 4.69) is 0 Å². The summed E-state index contributed by atoms with van der Waals surface area (Å²) in [7, 11) is -3.93. The molecule has 0 saturated heterocycles. The number of sulfonamides is 1. The molecule has 0 aliphatic rings. The minimum absolute atomic E-state index is 0.116. The van der Waals surface area contributed by atoms with Crippen LogP contribution in [0.3, 0.4) is 0 Å². The van der Waals surface area contributed by atoms with E-state index in [4.69, 9.17) is 9.47 Å². The zero-order valence-electron chi connectivity index (χ0n) is 14.2. The summed E-state index contributed by atoms with van der Waals surface area (Å²) in [6, 6.07) is 14.1. The summed E-state index contributed by atoms with van der Waals surface area (Å²) >= 11 is 0. The minimum Gasteiger partial charge on any atom is -0.491 e. The van der Waals surface area contributed by atoms with Crippen LogP contribution in [0.15, 0.2) is 54.6 Å². The molecule has 10 heteroatoms. The van der Waals surface area contributed by atoms with Crippen molar-refractivity contribution in [3.8, 4) is 5.75 Å². The average Bonchev–Trinajstić information content (AvgIpc) is 2.62. The van der Waals surface area contributed by atoms with Gasteiger partial charge in [0.15, 0.2) is 0 Å². The van der Waals surface area contributed by atoms with E-state index in [0.29, 0.717) is 11.3 Å². The van der Waals surface area contributed by atoms with E-state index < -0.39 is 33.2 Å². The van der Waals surface area contributed by atoms with Crippen molar-refractivity contribution in [2.75, 3.05) is 19.8 Å². The number of non-ortho nitro benzene ring substituents is 1. The van der Waals surface area contributed by atoms with Crippen LogP contribution < -0.4 is 9.46 Å². The van der Waals surface area contributed by atoms with Crippen LogP contribution in [0, 0.1) is 10.1 Å². The van der Waals surface area contributed by atoms with Crippen molar-refractivity contribution < 1.29 is 27.6 Å². The van der Waals surface area contributed by atoms with E-state index in [9.17, 15) is 23.3 Å². The summed E-state index contributed by atoms with van der Waals surface area (Å²) in [4.78, 5) is 21.7. The number of hydrogen-bond acceptors (Lipinski definition) is 7. The Labute approximate surface area is 156 Å². The highest BCUT2D eigenvalue weighted by Gasteiger charge is 2.16. The predicted molar refractivity (Wildman–Crippen MR) is 96.6 cm³/mol. The second kappa shape index (κ2) is 9.64. The highest BCUT2D eigenvalue weighted by molar-refractivity contribution is 7.89. The Hall–Kier alpha value is -2.98. The third kappa shape index (κ3) is 7.42. The minimum atomic E-state index is -3.93. The first-order chi connectivity index (χ1) is 12.9. The van der Waals surface area contributed by atoms with Crippen molar-refractivity contribution in [1.82, 2.24) is 4.72 Å². The first-order valence-electron chi connectivity index (χ1n) is 7.88. The molecule has 1 N–H and O–H groups in total. The number of nitrogens with zero attached hydrogens (tertiary/aromatic N) is 1. The highest BCUT2D eigenvalue weighted by atomic mass is 32.2. The van der Waals surface area contributed by atoms with E-state index in [1.54, 1.807) is 12.1 Å². The lowest BCUT2D eigenvalue weighted by atomic mass is 10.2. The maximum absolute atomic E-state index is 12.0. The summed E-state index contributed by atoms with van der Waals surface area (Å²) in [5.74, 6) is -0.624. The molecule has 0 aromatic heterocycles. The van der Waals surface area contributed by atoms with Crippen LogP contribution in [-0.2, 0) is 25.3 Å². The first kappa shape index (κ1) is 20.3. The van der Waals surface area contributed by atoms with E-state index >= 15 is 0 Å². The molecule has 2 aromatic carbocycles. The largest absolute Gasteiger partial charge is 0.491 e. The van der Waals surface area contributed by atoms with Crippen LogP contribution >= 0.6 is 0 Å². The van der Waals surface area contributed by atoms with Gasteiger partial charge >= 0.3 is 0 Å². The zero-order chi connectivity index (χ0) is 19.7. The lowest BCUT2D eigenvalue weighted by Gasteiger charge is -2.08. The quantitative estimate of drug-likeness (QED) is 0.369. The van der Waals surface area contributed by atoms with Crippen molar-refractivity contribution in [1.29, 1.82) is 0 Å². The number of para-hydroxylation sites is 1. The zero-order valence-corrected chi connectivity index (χ0v) is 15.1. The third-order valence-electron chi connectivity index (χ3n) is 3.25. The van der Waals surface area contributed by atoms with E-state index in [1.807, 2.05) is 22.9 Å². The molecule has 2 rings (SSSR count). The molecule has 0 saturated carbocycles. The number of hydrogen-bond donors (Lipinski definition) is 1. The predicted octanol–water partition coefficient (Wildman–Crippen LogP) is 1.64. The fraction of sp³-hybridized carbons (Fsp3) is 0.235. The Balaban J connectivity index is 1.71. The van der Waals surface area contributed by atoms with E-state index in [-0.39, 0.29) is 18.9 Å². The van der Waals surface area contributed by atoms with Crippen molar-refractivity contribution in [2.24, 2.45) is 0 Å². The Kier molecular flexibility index (Phi) is 7.26. The van der Waals surface area contributed by atoms with E-state index in [1.165, 1.54) is 24.3 Å². The van der Waals surface area contributed by atoms with Gasteiger partial charge in [0.1, 0.15) is 19.0 Å². The molecule has 0 radical (unpaired) electrons. The second-order valence-corrected chi connectivity index (χ2v) is 7.14. The monoisotopic (exact) mass is 394 g/mol. The second-order valence-electron chi connectivity index (χ2n) is 5.42. The van der Waals surface area contributed by atoms with Gasteiger partial charge < -0.3 is 9.47 Å². The number of nitrogens with one attached hydrogen (secondary N) is 1. The molecular formula is C17H18N2O7S. The number of carbonyl (C=O) groups is 1. The van der Waals surface area contributed by atoms with Crippen LogP contribution in [0.1, 0.15) is 5.56 Å². The molecule has 0 bridgehead atoms. The lowest BCUT2D eigenvalue weighted by Crippen LogP contribution is -2.34. The number of amides is 1. The van der Waals surface area contributed by atoms with Crippen LogP contribution in [0.4, 0.5) is 5.69 Å². The van der Waals surface area contributed by atoms with Gasteiger partial charge in [-0.25, -0.2) is 8.42 Å². The first-order valence-corrected chi connectivity index (χ1v) is 9.53. The van der Waals surface area contributed by atoms with Gasteiger partial charge in [-0.3, -0.25) is 19.6 Å². The average molecular weight is 394 g/mol. The fourth-order valence-corrected chi connectivity index (χ4v) is 3.18. The number of ether oxygens (including phenoxy) is 2. The summed E-state index contributed by atoms with van der Waals surface area (Å²) in [6.07, 6.45) is 0. The molecule has 1 amide bonds. The number of nitro groups is 1. The van der Waals surface area contributed by atoms with Crippen LogP contribution in [0.25, 0.3) is 0 Å². The lowest BCUT2D eigenvalue weighted by molar-refractivity contribution is -0.384. The smallest absolute Gasteiger partial charge is 0.269 e. The third-order valence-corrected chi connectivity index (χ3v) is 4.50. The topological polar surface area (TPSA) is 125 Å². The molecule has 0 atom stereocenters. The van der Waals surface area contributed by atoms with Gasteiger partial charge in [-0.15, -0.1) is 0 Å². The molecule has 27 heavy (non-hydrogen) atoms.